The molecule has 6 rings (SSSR count). The van der Waals surface area contributed by atoms with E-state index in [-0.39, 0.29) is 17.6 Å². The molecule has 0 bridgehead atoms. The molecule has 10 nitrogen and oxygen atoms in total. The van der Waals surface area contributed by atoms with Crippen molar-refractivity contribution in [3.05, 3.63) is 57.5 Å². The molecular weight excluding hydrogens is 542 g/mol. The molecule has 0 amide bonds. The van der Waals surface area contributed by atoms with E-state index < -0.39 is 0 Å². The van der Waals surface area contributed by atoms with Gasteiger partial charge in [-0.3, -0.25) is 14.3 Å². The van der Waals surface area contributed by atoms with E-state index in [4.69, 9.17) is 31.8 Å². The maximum absolute atomic E-state index is 14.3. The second-order valence-corrected chi connectivity index (χ2v) is 11.2. The van der Waals surface area contributed by atoms with Crippen molar-refractivity contribution in [1.29, 1.82) is 0 Å². The lowest BCUT2D eigenvalue weighted by Crippen LogP contribution is -2.32. The number of halogens is 1. The largest absolute Gasteiger partial charge is 0.481 e. The molecule has 0 aliphatic carbocycles. The highest BCUT2D eigenvalue weighted by atomic mass is 35.5. The summed E-state index contributed by atoms with van der Waals surface area (Å²) >= 11 is 6.86. The first-order valence-corrected chi connectivity index (χ1v) is 14.8. The highest BCUT2D eigenvalue weighted by molar-refractivity contribution is 6.33. The van der Waals surface area contributed by atoms with E-state index in [1.807, 2.05) is 41.8 Å². The lowest BCUT2D eigenvalue weighted by Gasteiger charge is -2.24. The average Bonchev–Trinajstić information content (AvgIpc) is 3.31. The number of ether oxygens (including phenoxy) is 2. The third-order valence-corrected chi connectivity index (χ3v) is 8.30. The Bertz CT molecular complexity index is 1550. The maximum Gasteiger partial charge on any atom is 0.260 e. The van der Waals surface area contributed by atoms with Crippen LogP contribution in [-0.2, 0) is 9.47 Å². The molecule has 3 aromatic rings. The number of aromatic nitrogens is 3. The van der Waals surface area contributed by atoms with Crippen LogP contribution >= 0.6 is 11.6 Å². The van der Waals surface area contributed by atoms with E-state index in [2.05, 4.69) is 20.2 Å². The minimum atomic E-state index is -0.113. The van der Waals surface area contributed by atoms with Gasteiger partial charge in [-0.05, 0) is 31.4 Å². The van der Waals surface area contributed by atoms with Crippen molar-refractivity contribution in [3.63, 3.8) is 0 Å². The number of nitrogens with zero attached hydrogens (tertiary/aromatic N) is 5. The van der Waals surface area contributed by atoms with E-state index in [0.717, 1.165) is 75.2 Å². The molecule has 3 aliphatic rings. The molecule has 216 valence electrons. The lowest BCUT2D eigenvalue weighted by atomic mass is 10.0. The number of benzene rings is 1. The first-order chi connectivity index (χ1) is 20.0. The van der Waals surface area contributed by atoms with Crippen molar-refractivity contribution in [2.45, 2.75) is 44.7 Å². The predicted molar refractivity (Wildman–Crippen MR) is 163 cm³/mol. The van der Waals surface area contributed by atoms with Crippen LogP contribution in [0.5, 0.6) is 0 Å². The summed E-state index contributed by atoms with van der Waals surface area (Å²) in [6.07, 6.45) is 7.23. The summed E-state index contributed by atoms with van der Waals surface area (Å²) in [5.41, 5.74) is 9.24. The molecule has 2 aromatic heterocycles. The fourth-order valence-electron chi connectivity index (χ4n) is 5.88. The molecule has 2 fully saturated rings. The normalized spacial score (nSPS) is 20.4. The minimum Gasteiger partial charge on any atom is -0.481 e. The Balaban J connectivity index is 1.42. The van der Waals surface area contributed by atoms with Gasteiger partial charge in [-0.15, -0.1) is 0 Å². The molecule has 0 saturated carbocycles. The summed E-state index contributed by atoms with van der Waals surface area (Å²) in [6.45, 7) is 6.87. The van der Waals surface area contributed by atoms with Crippen molar-refractivity contribution < 1.29 is 9.47 Å². The van der Waals surface area contributed by atoms with Crippen LogP contribution in [0.1, 0.15) is 44.2 Å². The van der Waals surface area contributed by atoms with Gasteiger partial charge in [0.05, 0.1) is 18.3 Å². The number of hydrogen-bond acceptors (Lipinski definition) is 9. The molecule has 0 radical (unpaired) electrons. The number of hydrogen-bond donors (Lipinski definition) is 2. The van der Waals surface area contributed by atoms with Crippen molar-refractivity contribution in [2.75, 3.05) is 51.3 Å². The maximum atomic E-state index is 14.3. The van der Waals surface area contributed by atoms with E-state index in [0.29, 0.717) is 46.8 Å². The van der Waals surface area contributed by atoms with Gasteiger partial charge in [0.25, 0.3) is 5.56 Å². The fraction of sp³-hybridized carbons (Fsp3) is 0.467. The fourth-order valence-corrected chi connectivity index (χ4v) is 6.16. The molecule has 0 spiro atoms. The smallest absolute Gasteiger partial charge is 0.260 e. The first-order valence-electron chi connectivity index (χ1n) is 14.4. The van der Waals surface area contributed by atoms with E-state index in [1.165, 1.54) is 0 Å². The number of aliphatic imine (C=N–C) groups is 1. The number of fused-ring (bicyclic) bond motifs is 1. The van der Waals surface area contributed by atoms with Crippen molar-refractivity contribution in [3.8, 4) is 11.1 Å². The number of anilines is 1. The van der Waals surface area contributed by atoms with Crippen LogP contribution in [-0.4, -0.2) is 77.4 Å². The molecule has 1 unspecified atom stereocenters. The Morgan fingerprint density at radius 3 is 2.80 bits per heavy atom. The van der Waals surface area contributed by atoms with Gasteiger partial charge in [-0.25, -0.2) is 9.98 Å². The van der Waals surface area contributed by atoms with Crippen LogP contribution in [0.3, 0.4) is 0 Å². The third kappa shape index (κ3) is 6.01. The molecular formula is C30H36ClN7O3. The minimum absolute atomic E-state index is 0.0335. The second kappa shape index (κ2) is 12.3. The molecule has 2 saturated heterocycles. The van der Waals surface area contributed by atoms with Crippen LogP contribution in [0.15, 0.2) is 46.3 Å². The van der Waals surface area contributed by atoms with E-state index >= 15 is 0 Å². The van der Waals surface area contributed by atoms with Gasteiger partial charge in [0.2, 0.25) is 5.95 Å². The highest BCUT2D eigenvalue weighted by Gasteiger charge is 2.28. The summed E-state index contributed by atoms with van der Waals surface area (Å²) in [4.78, 5) is 30.7. The summed E-state index contributed by atoms with van der Waals surface area (Å²) in [7, 11) is 0. The molecule has 1 atom stereocenters. The number of likely N-dealkylation sites (tertiary alicyclic amines) is 1. The number of pyridine rings is 1. The molecule has 1 aromatic carbocycles. The Kier molecular flexibility index (Phi) is 8.34. The van der Waals surface area contributed by atoms with Crippen LogP contribution in [0.25, 0.3) is 27.9 Å². The number of rotatable bonds is 7. The van der Waals surface area contributed by atoms with Gasteiger partial charge in [0.15, 0.2) is 5.90 Å². The first kappa shape index (κ1) is 27.8. The Morgan fingerprint density at radius 2 is 2.00 bits per heavy atom. The summed E-state index contributed by atoms with van der Waals surface area (Å²) in [6, 6.07) is 7.80. The molecule has 41 heavy (non-hydrogen) atoms. The Hall–Kier alpha value is -3.31. The standard InChI is InChI=1S/C30H36ClN7O3/c1-19-34-27(3-2-12-41-19)20-4-5-24(26(31)16-20)25-15-21-17-33-30(35-22-7-13-40-14-8-22)36-28(21)38(29(25)39)23-6-10-37(18-23)11-9-32/h3-5,15-17,22-23H,2,6-14,18,32H2,1H3,(H,33,35,36). The Labute approximate surface area is 244 Å². The summed E-state index contributed by atoms with van der Waals surface area (Å²) in [5, 5.41) is 4.72. The van der Waals surface area contributed by atoms with Gasteiger partial charge in [0.1, 0.15) is 5.65 Å². The molecule has 3 aliphatic heterocycles. The zero-order chi connectivity index (χ0) is 28.3. The van der Waals surface area contributed by atoms with Crippen LogP contribution < -0.4 is 16.6 Å². The molecule has 3 N–H and O–H groups in total. The average molecular weight is 578 g/mol. The Morgan fingerprint density at radius 1 is 1.15 bits per heavy atom. The van der Waals surface area contributed by atoms with Gasteiger partial charge in [0, 0.05) is 92.1 Å². The van der Waals surface area contributed by atoms with Crippen LogP contribution in [0.4, 0.5) is 5.95 Å². The van der Waals surface area contributed by atoms with Gasteiger partial charge in [-0.1, -0.05) is 29.8 Å². The van der Waals surface area contributed by atoms with E-state index in [9.17, 15) is 4.79 Å². The number of nitrogens with two attached hydrogens (primary N) is 1. The van der Waals surface area contributed by atoms with Gasteiger partial charge < -0.3 is 20.5 Å². The second-order valence-electron chi connectivity index (χ2n) is 10.8. The van der Waals surface area contributed by atoms with Crippen molar-refractivity contribution in [1.82, 2.24) is 19.4 Å². The highest BCUT2D eigenvalue weighted by Crippen LogP contribution is 2.33. The molecule has 5 heterocycles. The SMILES string of the molecule is CC1=NC(c2ccc(-c3cc4cnc(NC5CCOCC5)nc4n(C4CCN(CCN)C4)c3=O)c(Cl)c2)=CCCO1. The summed E-state index contributed by atoms with van der Waals surface area (Å²) < 4.78 is 12.9. The zero-order valence-electron chi connectivity index (χ0n) is 23.3. The quantitative estimate of drug-likeness (QED) is 0.431. The van der Waals surface area contributed by atoms with E-state index in [1.54, 1.807) is 6.20 Å². The number of nitrogens with one attached hydrogen (secondary N) is 1. The summed E-state index contributed by atoms with van der Waals surface area (Å²) in [5.74, 6) is 1.15. The van der Waals surface area contributed by atoms with Crippen LogP contribution in [0.2, 0.25) is 5.02 Å². The van der Waals surface area contributed by atoms with Crippen LogP contribution in [0, 0.1) is 0 Å². The van der Waals surface area contributed by atoms with Crippen molar-refractivity contribution in [2.24, 2.45) is 10.7 Å². The lowest BCUT2D eigenvalue weighted by molar-refractivity contribution is 0.0903. The van der Waals surface area contributed by atoms with Crippen molar-refractivity contribution >= 4 is 40.2 Å². The van der Waals surface area contributed by atoms with Gasteiger partial charge >= 0.3 is 0 Å². The topological polar surface area (TPSA) is 120 Å². The van der Waals surface area contributed by atoms with Gasteiger partial charge in [-0.2, -0.15) is 4.98 Å². The third-order valence-electron chi connectivity index (χ3n) is 7.99. The predicted octanol–water partition coefficient (Wildman–Crippen LogP) is 4.09. The molecule has 11 heteroatoms. The zero-order valence-corrected chi connectivity index (χ0v) is 24.1. The monoisotopic (exact) mass is 577 g/mol.